The van der Waals surface area contributed by atoms with Crippen LogP contribution in [0.2, 0.25) is 0 Å². The number of rotatable bonds is 26. The average molecular weight is 847 g/mol. The van der Waals surface area contributed by atoms with E-state index in [1.807, 2.05) is 24.3 Å². The van der Waals surface area contributed by atoms with Crippen molar-refractivity contribution >= 4 is 79.5 Å². The van der Waals surface area contributed by atoms with E-state index >= 15 is 0 Å². The first-order chi connectivity index (χ1) is 27.0. The predicted molar refractivity (Wildman–Crippen MR) is 239 cm³/mol. The first-order valence-corrected chi connectivity index (χ1v) is 24.8. The Labute approximate surface area is 376 Å². The van der Waals surface area contributed by atoms with Crippen molar-refractivity contribution in [3.8, 4) is 0 Å². The number of hydrogen-bond donors (Lipinski definition) is 0. The monoisotopic (exact) mass is 846 g/mol. The van der Waals surface area contributed by atoms with Gasteiger partial charge in [-0.15, -0.1) is 0 Å². The molecule has 0 saturated heterocycles. The van der Waals surface area contributed by atoms with E-state index in [4.69, 9.17) is 0 Å². The zero-order valence-corrected chi connectivity index (χ0v) is 39.6. The fourth-order valence-electron chi connectivity index (χ4n) is 8.01. The molecule has 4 rings (SSSR count). The quantitative estimate of drug-likeness (QED) is 0.0353. The largest absolute Gasteiger partial charge is 2.00 e. The summed E-state index contributed by atoms with van der Waals surface area (Å²) in [4.78, 5) is -0.157. The normalized spacial score (nSPS) is 11.8. The van der Waals surface area contributed by atoms with Crippen LogP contribution in [0.5, 0.6) is 0 Å². The van der Waals surface area contributed by atoms with Crippen LogP contribution in [-0.4, -0.2) is 63.7 Å². The topological polar surface area (TPSA) is 114 Å². The Morgan fingerprint density at radius 3 is 0.895 bits per heavy atom. The summed E-state index contributed by atoms with van der Waals surface area (Å²) in [5, 5.41) is 3.22. The van der Waals surface area contributed by atoms with Gasteiger partial charge >= 0.3 is 37.7 Å². The molecule has 0 heterocycles. The minimum atomic E-state index is -4.48. The van der Waals surface area contributed by atoms with E-state index in [2.05, 4.69) is 39.8 Å². The van der Waals surface area contributed by atoms with Crippen molar-refractivity contribution in [2.24, 2.45) is 0 Å². The summed E-state index contributed by atoms with van der Waals surface area (Å²) >= 11 is 0. The van der Waals surface area contributed by atoms with Crippen molar-refractivity contribution in [3.63, 3.8) is 0 Å². The molecule has 57 heavy (non-hydrogen) atoms. The van der Waals surface area contributed by atoms with Crippen LogP contribution in [0.4, 0.5) is 0 Å². The Morgan fingerprint density at radius 1 is 0.368 bits per heavy atom. The van der Waals surface area contributed by atoms with Gasteiger partial charge in [0.2, 0.25) is 0 Å². The van der Waals surface area contributed by atoms with Crippen molar-refractivity contribution in [2.75, 3.05) is 0 Å². The van der Waals surface area contributed by atoms with E-state index in [9.17, 15) is 25.9 Å². The smallest absolute Gasteiger partial charge is 0.744 e. The van der Waals surface area contributed by atoms with Gasteiger partial charge in [0.25, 0.3) is 0 Å². The number of fused-ring (bicyclic) bond motifs is 2. The maximum absolute atomic E-state index is 11.8. The second-order valence-corrected chi connectivity index (χ2v) is 18.4. The van der Waals surface area contributed by atoms with E-state index in [1.54, 1.807) is 12.1 Å². The molecule has 0 atom stereocenters. The first kappa shape index (κ1) is 51.6. The standard InChI is InChI=1S/2C24H36O3S.Ca/c2*1-3-5-7-9-11-14-20-16-13-17-22-23(28(25,26)27)19-18-21(24(20)22)15-12-10-8-6-4-2;/h2*13,16-19H,3-12,14-15H2,1-2H3,(H,25,26,27);/q;;+2/p-2. The zero-order valence-electron chi connectivity index (χ0n) is 35.7. The summed E-state index contributed by atoms with van der Waals surface area (Å²) in [5.41, 5.74) is 4.73. The molecule has 0 aromatic heterocycles. The summed E-state index contributed by atoms with van der Waals surface area (Å²) in [6.07, 6.45) is 27.8. The molecule has 312 valence electrons. The molecule has 9 heteroatoms. The number of aryl methyl sites for hydroxylation is 4. The van der Waals surface area contributed by atoms with Crippen LogP contribution in [0.25, 0.3) is 21.5 Å². The van der Waals surface area contributed by atoms with Gasteiger partial charge in [-0.1, -0.05) is 179 Å². The van der Waals surface area contributed by atoms with Gasteiger partial charge in [0.1, 0.15) is 20.2 Å². The molecule has 0 unspecified atom stereocenters. The second-order valence-electron chi connectivity index (χ2n) is 15.7. The zero-order chi connectivity index (χ0) is 40.8. The third-order valence-electron chi connectivity index (χ3n) is 11.1. The van der Waals surface area contributed by atoms with Gasteiger partial charge in [-0.2, -0.15) is 0 Å². The summed E-state index contributed by atoms with van der Waals surface area (Å²) < 4.78 is 70.7. The van der Waals surface area contributed by atoms with Crippen molar-refractivity contribution < 1.29 is 25.9 Å². The number of unbranched alkanes of at least 4 members (excludes halogenated alkanes) is 16. The van der Waals surface area contributed by atoms with Crippen LogP contribution in [0.3, 0.4) is 0 Å². The summed E-state index contributed by atoms with van der Waals surface area (Å²) in [6.45, 7) is 8.84. The average Bonchev–Trinajstić information content (AvgIpc) is 3.16. The molecule has 0 fully saturated rings. The molecule has 0 bridgehead atoms. The van der Waals surface area contributed by atoms with E-state index in [1.165, 1.54) is 137 Å². The maximum atomic E-state index is 11.8. The Kier molecular flexibility index (Phi) is 25.4. The van der Waals surface area contributed by atoms with Gasteiger partial charge in [0, 0.05) is 0 Å². The summed E-state index contributed by atoms with van der Waals surface area (Å²) in [7, 11) is -8.96. The van der Waals surface area contributed by atoms with E-state index in [0.29, 0.717) is 10.8 Å². The van der Waals surface area contributed by atoms with Gasteiger partial charge in [-0.3, -0.25) is 0 Å². The van der Waals surface area contributed by atoms with E-state index in [0.717, 1.165) is 62.1 Å². The molecule has 0 aliphatic heterocycles. The van der Waals surface area contributed by atoms with Gasteiger partial charge in [0.05, 0.1) is 9.79 Å². The molecule has 0 amide bonds. The van der Waals surface area contributed by atoms with Crippen LogP contribution in [0.15, 0.2) is 70.5 Å². The molecule has 0 aliphatic rings. The molecule has 6 nitrogen and oxygen atoms in total. The van der Waals surface area contributed by atoms with Gasteiger partial charge < -0.3 is 9.11 Å². The van der Waals surface area contributed by atoms with Crippen molar-refractivity contribution in [2.45, 2.75) is 192 Å². The Morgan fingerprint density at radius 2 is 0.632 bits per heavy atom. The van der Waals surface area contributed by atoms with Crippen LogP contribution in [-0.2, 0) is 45.9 Å². The second kappa shape index (κ2) is 28.1. The third kappa shape index (κ3) is 17.5. The minimum absolute atomic E-state index is 0. The first-order valence-electron chi connectivity index (χ1n) is 22.0. The van der Waals surface area contributed by atoms with Crippen LogP contribution < -0.4 is 0 Å². The van der Waals surface area contributed by atoms with Crippen molar-refractivity contribution in [1.82, 2.24) is 0 Å². The molecular weight excluding hydrogens is 777 g/mol. The molecule has 0 radical (unpaired) electrons. The van der Waals surface area contributed by atoms with Gasteiger partial charge in [-0.05, 0) is 107 Å². The summed E-state index contributed by atoms with van der Waals surface area (Å²) in [6, 6.07) is 18.3. The fraction of sp³-hybridized carbons (Fsp3) is 0.583. The van der Waals surface area contributed by atoms with E-state index < -0.39 is 20.2 Å². The summed E-state index contributed by atoms with van der Waals surface area (Å²) in [5.74, 6) is 0. The molecular formula is C48H70CaO6S2. The number of hydrogen-bond acceptors (Lipinski definition) is 6. The number of benzene rings is 4. The maximum Gasteiger partial charge on any atom is 2.00 e. The third-order valence-corrected chi connectivity index (χ3v) is 12.9. The van der Waals surface area contributed by atoms with Crippen LogP contribution in [0.1, 0.15) is 178 Å². The molecule has 0 N–H and O–H groups in total. The minimum Gasteiger partial charge on any atom is -0.744 e. The molecule has 0 aliphatic carbocycles. The predicted octanol–water partition coefficient (Wildman–Crippen LogP) is 13.2. The van der Waals surface area contributed by atoms with Crippen LogP contribution >= 0.6 is 0 Å². The molecule has 4 aromatic carbocycles. The SMILES string of the molecule is CCCCCCCc1cccc2c(S(=O)(=O)[O-])ccc(CCCCCCC)c12.CCCCCCCc1cccc2c(S(=O)(=O)[O-])ccc(CCCCCCC)c12.[Ca+2]. The van der Waals surface area contributed by atoms with Gasteiger partial charge in [0.15, 0.2) is 0 Å². The Hall–Kier alpha value is -1.52. The molecule has 4 aromatic rings. The Bertz CT molecular complexity index is 1790. The van der Waals surface area contributed by atoms with Crippen molar-refractivity contribution in [1.29, 1.82) is 0 Å². The Balaban J connectivity index is 0.000000387. The van der Waals surface area contributed by atoms with Crippen molar-refractivity contribution in [3.05, 3.63) is 82.9 Å². The van der Waals surface area contributed by atoms with E-state index in [-0.39, 0.29) is 47.5 Å². The van der Waals surface area contributed by atoms with Crippen LogP contribution in [0, 0.1) is 0 Å². The molecule has 0 spiro atoms. The molecule has 0 saturated carbocycles. The fourth-order valence-corrected chi connectivity index (χ4v) is 9.36. The van der Waals surface area contributed by atoms with Gasteiger partial charge in [-0.25, -0.2) is 16.8 Å².